The highest BCUT2D eigenvalue weighted by Gasteiger charge is 2.13. The lowest BCUT2D eigenvalue weighted by Gasteiger charge is -2.08. The Morgan fingerprint density at radius 3 is 3.05 bits per heavy atom. The molecule has 0 atom stereocenters. The minimum Gasteiger partial charge on any atom is -0.481 e. The van der Waals surface area contributed by atoms with Crippen molar-refractivity contribution in [3.05, 3.63) is 22.7 Å². The molecule has 7 heteroatoms. The first-order valence-corrected chi connectivity index (χ1v) is 7.97. The molecule has 0 bridgehead atoms. The van der Waals surface area contributed by atoms with E-state index in [4.69, 9.17) is 9.84 Å². The second kappa shape index (κ2) is 7.10. The molecule has 0 amide bonds. The molecule has 0 spiro atoms. The molecule has 1 aromatic heterocycles. The van der Waals surface area contributed by atoms with Crippen molar-refractivity contribution < 1.29 is 14.6 Å². The first kappa shape index (κ1) is 15.3. The second-order valence-corrected chi connectivity index (χ2v) is 5.92. The van der Waals surface area contributed by atoms with E-state index in [9.17, 15) is 4.79 Å². The van der Waals surface area contributed by atoms with Crippen LogP contribution in [-0.2, 0) is 16.1 Å². The fourth-order valence-corrected chi connectivity index (χ4v) is 2.94. The number of hydrogen-bond acceptors (Lipinski definition) is 4. The average Bonchev–Trinajstić information content (AvgIpc) is 2.74. The van der Waals surface area contributed by atoms with Gasteiger partial charge in [0, 0.05) is 17.6 Å². The number of hydrogen-bond donors (Lipinski definition) is 1. The van der Waals surface area contributed by atoms with E-state index in [1.807, 2.05) is 29.7 Å². The summed E-state index contributed by atoms with van der Waals surface area (Å²) >= 11 is 4.67. The van der Waals surface area contributed by atoms with Gasteiger partial charge in [0.2, 0.25) is 0 Å². The summed E-state index contributed by atoms with van der Waals surface area (Å²) in [6.45, 7) is 3.84. The van der Waals surface area contributed by atoms with E-state index in [0.29, 0.717) is 24.9 Å². The van der Waals surface area contributed by atoms with Crippen LogP contribution < -0.4 is 0 Å². The molecule has 0 saturated heterocycles. The van der Waals surface area contributed by atoms with Crippen molar-refractivity contribution in [2.24, 2.45) is 0 Å². The molecule has 1 N–H and O–H groups in total. The second-order valence-electron chi connectivity index (χ2n) is 4.06. The van der Waals surface area contributed by atoms with Crippen molar-refractivity contribution in [2.75, 3.05) is 19.0 Å². The van der Waals surface area contributed by atoms with Crippen molar-refractivity contribution >= 4 is 44.7 Å². The molecular weight excluding hydrogens is 344 g/mol. The smallest absolute Gasteiger partial charge is 0.313 e. The number of thioether (sulfide) groups is 1. The van der Waals surface area contributed by atoms with Gasteiger partial charge in [0.15, 0.2) is 5.16 Å². The third kappa shape index (κ3) is 3.74. The van der Waals surface area contributed by atoms with Gasteiger partial charge in [0.05, 0.1) is 23.4 Å². The minimum absolute atomic E-state index is 0.000867. The topological polar surface area (TPSA) is 64.3 Å². The molecule has 0 aliphatic heterocycles. The highest BCUT2D eigenvalue weighted by molar-refractivity contribution is 9.10. The van der Waals surface area contributed by atoms with Gasteiger partial charge in [-0.2, -0.15) is 0 Å². The van der Waals surface area contributed by atoms with E-state index < -0.39 is 5.97 Å². The molecule has 5 nitrogen and oxygen atoms in total. The van der Waals surface area contributed by atoms with Crippen molar-refractivity contribution in [3.63, 3.8) is 0 Å². The van der Waals surface area contributed by atoms with Gasteiger partial charge in [-0.1, -0.05) is 27.7 Å². The number of aromatic nitrogens is 2. The van der Waals surface area contributed by atoms with Gasteiger partial charge in [-0.05, 0) is 25.1 Å². The summed E-state index contributed by atoms with van der Waals surface area (Å²) in [6, 6.07) is 5.83. The summed E-state index contributed by atoms with van der Waals surface area (Å²) in [5.41, 5.74) is 1.84. The van der Waals surface area contributed by atoms with Crippen LogP contribution in [0.5, 0.6) is 0 Å². The third-order valence-corrected chi connectivity index (χ3v) is 4.12. The summed E-state index contributed by atoms with van der Waals surface area (Å²) in [7, 11) is 0. The lowest BCUT2D eigenvalue weighted by molar-refractivity contribution is -0.133. The predicted molar refractivity (Wildman–Crippen MR) is 82.3 cm³/mol. The molecule has 1 heterocycles. The summed E-state index contributed by atoms with van der Waals surface area (Å²) in [6.07, 6.45) is 0. The first-order chi connectivity index (χ1) is 9.61. The summed E-state index contributed by atoms with van der Waals surface area (Å²) in [5, 5.41) is 9.52. The average molecular weight is 359 g/mol. The molecule has 0 fully saturated rings. The Hall–Kier alpha value is -1.05. The lowest BCUT2D eigenvalue weighted by Crippen LogP contribution is -2.08. The van der Waals surface area contributed by atoms with Crippen LogP contribution in [0.15, 0.2) is 27.8 Å². The van der Waals surface area contributed by atoms with Crippen LogP contribution in [0, 0.1) is 0 Å². The molecule has 0 aliphatic rings. The summed E-state index contributed by atoms with van der Waals surface area (Å²) in [5.74, 6) is -0.848. The van der Waals surface area contributed by atoms with Gasteiger partial charge >= 0.3 is 5.97 Å². The molecule has 2 aromatic rings. The predicted octanol–water partition coefficient (Wildman–Crippen LogP) is 3.01. The van der Waals surface area contributed by atoms with Crippen molar-refractivity contribution in [1.82, 2.24) is 9.55 Å². The fraction of sp³-hybridized carbons (Fsp3) is 0.385. The fourth-order valence-electron chi connectivity index (χ4n) is 1.83. The first-order valence-electron chi connectivity index (χ1n) is 6.20. The lowest BCUT2D eigenvalue weighted by atomic mass is 10.3. The van der Waals surface area contributed by atoms with Gasteiger partial charge in [0.1, 0.15) is 0 Å². The largest absolute Gasteiger partial charge is 0.481 e. The van der Waals surface area contributed by atoms with Gasteiger partial charge in [-0.3, -0.25) is 4.79 Å². The van der Waals surface area contributed by atoms with Gasteiger partial charge in [0.25, 0.3) is 0 Å². The van der Waals surface area contributed by atoms with E-state index in [2.05, 4.69) is 20.9 Å². The standard InChI is InChI=1S/C13H15BrN2O3S/c1-2-19-6-5-16-11-7-9(14)3-4-10(11)15-13(16)20-8-12(17)18/h3-4,7H,2,5-6,8H2,1H3,(H,17,18). The third-order valence-electron chi connectivity index (χ3n) is 2.66. The molecule has 2 rings (SSSR count). The Kier molecular flexibility index (Phi) is 5.45. The maximum absolute atomic E-state index is 10.7. The van der Waals surface area contributed by atoms with Crippen molar-refractivity contribution in [3.8, 4) is 0 Å². The van der Waals surface area contributed by atoms with Crippen molar-refractivity contribution in [1.29, 1.82) is 0 Å². The van der Waals surface area contributed by atoms with Crippen LogP contribution in [0.1, 0.15) is 6.92 Å². The monoisotopic (exact) mass is 358 g/mol. The Labute approximate surface area is 129 Å². The van der Waals surface area contributed by atoms with Crippen LogP contribution in [-0.4, -0.2) is 39.6 Å². The van der Waals surface area contributed by atoms with E-state index in [0.717, 1.165) is 15.5 Å². The van der Waals surface area contributed by atoms with Crippen LogP contribution in [0.4, 0.5) is 0 Å². The number of rotatable bonds is 7. The van der Waals surface area contributed by atoms with Gasteiger partial charge < -0.3 is 14.4 Å². The SMILES string of the molecule is CCOCCn1c(SCC(=O)O)nc2ccc(Br)cc21. The van der Waals surface area contributed by atoms with Crippen LogP contribution >= 0.6 is 27.7 Å². The Morgan fingerprint density at radius 2 is 2.35 bits per heavy atom. The van der Waals surface area contributed by atoms with E-state index in [1.54, 1.807) is 0 Å². The number of ether oxygens (including phenoxy) is 1. The summed E-state index contributed by atoms with van der Waals surface area (Å²) < 4.78 is 8.35. The number of benzene rings is 1. The molecule has 0 radical (unpaired) electrons. The molecule has 0 saturated carbocycles. The maximum Gasteiger partial charge on any atom is 0.313 e. The van der Waals surface area contributed by atoms with Crippen LogP contribution in [0.25, 0.3) is 11.0 Å². The normalized spacial score (nSPS) is 11.1. The van der Waals surface area contributed by atoms with E-state index >= 15 is 0 Å². The van der Waals surface area contributed by atoms with Gasteiger partial charge in [-0.15, -0.1) is 0 Å². The van der Waals surface area contributed by atoms with Crippen LogP contribution in [0.2, 0.25) is 0 Å². The zero-order chi connectivity index (χ0) is 14.5. The maximum atomic E-state index is 10.7. The minimum atomic E-state index is -0.848. The zero-order valence-corrected chi connectivity index (χ0v) is 13.4. The number of aliphatic carboxylic acids is 1. The number of imidazole rings is 1. The molecular formula is C13H15BrN2O3S. The highest BCUT2D eigenvalue weighted by atomic mass is 79.9. The van der Waals surface area contributed by atoms with Gasteiger partial charge in [-0.25, -0.2) is 4.98 Å². The zero-order valence-electron chi connectivity index (χ0n) is 11.0. The molecule has 1 aromatic carbocycles. The van der Waals surface area contributed by atoms with Crippen LogP contribution in [0.3, 0.4) is 0 Å². The quantitative estimate of drug-likeness (QED) is 0.608. The number of carboxylic acid groups (broad SMARTS) is 1. The Morgan fingerprint density at radius 1 is 1.55 bits per heavy atom. The number of halogens is 1. The molecule has 0 unspecified atom stereocenters. The molecule has 20 heavy (non-hydrogen) atoms. The summed E-state index contributed by atoms with van der Waals surface area (Å²) in [4.78, 5) is 15.2. The molecule has 0 aliphatic carbocycles. The Bertz CT molecular complexity index is 615. The number of nitrogens with zero attached hydrogens (tertiary/aromatic N) is 2. The number of carbonyl (C=O) groups is 1. The Balaban J connectivity index is 2.32. The van der Waals surface area contributed by atoms with E-state index in [1.165, 1.54) is 11.8 Å². The number of carboxylic acids is 1. The highest BCUT2D eigenvalue weighted by Crippen LogP contribution is 2.26. The van der Waals surface area contributed by atoms with Crippen molar-refractivity contribution in [2.45, 2.75) is 18.6 Å². The van der Waals surface area contributed by atoms with E-state index in [-0.39, 0.29) is 5.75 Å². The molecule has 108 valence electrons. The number of fused-ring (bicyclic) bond motifs is 1.